The molecule has 0 radical (unpaired) electrons. The van der Waals surface area contributed by atoms with Crippen LogP contribution >= 0.6 is 0 Å². The monoisotopic (exact) mass is 342 g/mol. The lowest BCUT2D eigenvalue weighted by Gasteiger charge is -2.13. The van der Waals surface area contributed by atoms with Crippen molar-refractivity contribution >= 4 is 16.5 Å². The van der Waals surface area contributed by atoms with Crippen LogP contribution in [0.1, 0.15) is 0 Å². The van der Waals surface area contributed by atoms with Gasteiger partial charge >= 0.3 is 0 Å². The molecule has 0 amide bonds. The summed E-state index contributed by atoms with van der Waals surface area (Å²) >= 11 is 0. The molecule has 4 rings (SSSR count). The van der Waals surface area contributed by atoms with Gasteiger partial charge in [0, 0.05) is 17.7 Å². The van der Waals surface area contributed by atoms with Crippen LogP contribution in [0.2, 0.25) is 0 Å². The normalized spacial score (nSPS) is 10.8. The number of non-ortho nitro benzene ring substituents is 1. The van der Waals surface area contributed by atoms with E-state index in [1.807, 2.05) is 60.7 Å². The highest BCUT2D eigenvalue weighted by Gasteiger charge is 2.17. The first-order valence-corrected chi connectivity index (χ1v) is 8.10. The molecule has 126 valence electrons. The van der Waals surface area contributed by atoms with Crippen molar-refractivity contribution in [2.75, 3.05) is 0 Å². The second-order valence-corrected chi connectivity index (χ2v) is 5.92. The van der Waals surface area contributed by atoms with Gasteiger partial charge in [0.05, 0.1) is 16.0 Å². The number of fused-ring (bicyclic) bond motifs is 1. The Labute approximate surface area is 148 Å². The van der Waals surface area contributed by atoms with Gasteiger partial charge in [-0.2, -0.15) is 0 Å². The van der Waals surface area contributed by atoms with Crippen LogP contribution in [0.25, 0.3) is 33.2 Å². The molecule has 5 heteroatoms. The Balaban J connectivity index is 2.13. The molecule has 3 aromatic carbocycles. The van der Waals surface area contributed by atoms with Gasteiger partial charge in [0.2, 0.25) is 0 Å². The third-order valence-corrected chi connectivity index (χ3v) is 4.34. The number of hydrogen-bond acceptors (Lipinski definition) is 3. The van der Waals surface area contributed by atoms with E-state index in [1.54, 1.807) is 6.07 Å². The first-order valence-electron chi connectivity index (χ1n) is 8.10. The van der Waals surface area contributed by atoms with Crippen LogP contribution in [0, 0.1) is 10.1 Å². The number of pyridine rings is 1. The Kier molecular flexibility index (Phi) is 3.82. The molecule has 0 saturated carbocycles. The Bertz CT molecular complexity index is 1170. The van der Waals surface area contributed by atoms with E-state index in [4.69, 9.17) is 0 Å². The molecular formula is C21H14N2O3. The topological polar surface area (TPSA) is 76.0 Å². The lowest BCUT2D eigenvalue weighted by atomic mass is 9.94. The van der Waals surface area contributed by atoms with Crippen LogP contribution in [0.4, 0.5) is 5.69 Å². The van der Waals surface area contributed by atoms with Crippen LogP contribution in [0.15, 0.2) is 83.7 Å². The molecule has 0 unspecified atom stereocenters. The molecule has 0 spiro atoms. The van der Waals surface area contributed by atoms with Crippen molar-refractivity contribution in [2.24, 2.45) is 0 Å². The van der Waals surface area contributed by atoms with Crippen molar-refractivity contribution in [1.29, 1.82) is 0 Å². The van der Waals surface area contributed by atoms with E-state index in [1.165, 1.54) is 12.1 Å². The predicted molar refractivity (Wildman–Crippen MR) is 102 cm³/mol. The van der Waals surface area contributed by atoms with Gasteiger partial charge in [-0.05, 0) is 22.6 Å². The quantitative estimate of drug-likeness (QED) is 0.430. The number of aromatic nitrogens is 1. The van der Waals surface area contributed by atoms with E-state index < -0.39 is 4.92 Å². The fraction of sp³-hybridized carbons (Fsp3) is 0. The number of nitro benzene ring substituents is 1. The summed E-state index contributed by atoms with van der Waals surface area (Å²) in [5, 5.41) is 12.1. The highest BCUT2D eigenvalue weighted by molar-refractivity contribution is 6.02. The molecule has 0 atom stereocenters. The molecule has 0 aliphatic carbocycles. The number of hydrogen-bond donors (Lipinski definition) is 1. The molecule has 5 nitrogen and oxygen atoms in total. The van der Waals surface area contributed by atoms with E-state index in [9.17, 15) is 14.9 Å². The second-order valence-electron chi connectivity index (χ2n) is 5.92. The average Bonchev–Trinajstić information content (AvgIpc) is 2.69. The largest absolute Gasteiger partial charge is 0.321 e. The van der Waals surface area contributed by atoms with Gasteiger partial charge in [-0.1, -0.05) is 60.7 Å². The minimum Gasteiger partial charge on any atom is -0.321 e. The molecule has 0 fully saturated rings. The zero-order valence-electron chi connectivity index (χ0n) is 13.7. The summed E-state index contributed by atoms with van der Waals surface area (Å²) in [6.45, 7) is 0. The number of H-pyrrole nitrogens is 1. The molecule has 26 heavy (non-hydrogen) atoms. The van der Waals surface area contributed by atoms with Crippen LogP contribution in [0.3, 0.4) is 0 Å². The predicted octanol–water partition coefficient (Wildman–Crippen LogP) is 4.77. The minimum absolute atomic E-state index is 0.102. The van der Waals surface area contributed by atoms with Gasteiger partial charge in [-0.25, -0.2) is 0 Å². The first kappa shape index (κ1) is 15.8. The summed E-state index contributed by atoms with van der Waals surface area (Å²) in [5.41, 5.74) is 2.91. The van der Waals surface area contributed by atoms with Crippen molar-refractivity contribution in [2.45, 2.75) is 0 Å². The van der Waals surface area contributed by atoms with E-state index in [0.29, 0.717) is 16.5 Å². The van der Waals surface area contributed by atoms with Crippen LogP contribution in [-0.4, -0.2) is 9.91 Å². The van der Waals surface area contributed by atoms with Crippen LogP contribution in [-0.2, 0) is 0 Å². The molecule has 0 aliphatic heterocycles. The highest BCUT2D eigenvalue weighted by atomic mass is 16.6. The van der Waals surface area contributed by atoms with E-state index >= 15 is 0 Å². The highest BCUT2D eigenvalue weighted by Crippen LogP contribution is 2.36. The molecule has 1 N–H and O–H groups in total. The molecule has 1 heterocycles. The van der Waals surface area contributed by atoms with Crippen molar-refractivity contribution in [3.8, 4) is 22.4 Å². The standard InChI is InChI=1S/C21H14N2O3/c24-21-18-13-16(23(25)26)11-12-17(18)19(14-7-3-1-4-8-14)20(22-21)15-9-5-2-6-10-15/h1-13H,(H,22,24). The number of nitro groups is 1. The number of nitrogens with zero attached hydrogens (tertiary/aromatic N) is 1. The minimum atomic E-state index is -0.494. The van der Waals surface area contributed by atoms with Gasteiger partial charge in [-0.3, -0.25) is 14.9 Å². The second kappa shape index (κ2) is 6.29. The molecule has 1 aromatic heterocycles. The summed E-state index contributed by atoms with van der Waals surface area (Å²) < 4.78 is 0. The van der Waals surface area contributed by atoms with Gasteiger partial charge in [-0.15, -0.1) is 0 Å². The Morgan fingerprint density at radius 2 is 1.38 bits per heavy atom. The third kappa shape index (κ3) is 2.65. The fourth-order valence-electron chi connectivity index (χ4n) is 3.16. The van der Waals surface area contributed by atoms with Crippen molar-refractivity contribution in [1.82, 2.24) is 4.98 Å². The zero-order valence-corrected chi connectivity index (χ0v) is 13.7. The number of benzene rings is 3. The summed E-state index contributed by atoms with van der Waals surface area (Å²) in [6, 6.07) is 23.7. The molecule has 0 bridgehead atoms. The third-order valence-electron chi connectivity index (χ3n) is 4.34. The van der Waals surface area contributed by atoms with Crippen molar-refractivity contribution < 1.29 is 4.92 Å². The number of nitrogens with one attached hydrogen (secondary N) is 1. The lowest BCUT2D eigenvalue weighted by Crippen LogP contribution is -2.09. The van der Waals surface area contributed by atoms with E-state index in [-0.39, 0.29) is 11.2 Å². The first-order chi connectivity index (χ1) is 12.6. The summed E-state index contributed by atoms with van der Waals surface area (Å²) in [5.74, 6) is 0. The SMILES string of the molecule is O=c1[nH]c(-c2ccccc2)c(-c2ccccc2)c2ccc([N+](=O)[O-])cc12. The van der Waals surface area contributed by atoms with Crippen LogP contribution < -0.4 is 5.56 Å². The summed E-state index contributed by atoms with van der Waals surface area (Å²) in [6.07, 6.45) is 0. The zero-order chi connectivity index (χ0) is 18.1. The van der Waals surface area contributed by atoms with Gasteiger partial charge in [0.25, 0.3) is 11.2 Å². The smallest absolute Gasteiger partial charge is 0.270 e. The molecule has 4 aromatic rings. The maximum absolute atomic E-state index is 12.7. The Morgan fingerprint density at radius 1 is 0.769 bits per heavy atom. The maximum atomic E-state index is 12.7. The summed E-state index contributed by atoms with van der Waals surface area (Å²) in [7, 11) is 0. The van der Waals surface area contributed by atoms with Crippen LogP contribution in [0.5, 0.6) is 0 Å². The maximum Gasteiger partial charge on any atom is 0.270 e. The molecule has 0 aliphatic rings. The summed E-state index contributed by atoms with van der Waals surface area (Å²) in [4.78, 5) is 26.2. The van der Waals surface area contributed by atoms with Gasteiger partial charge in [0.1, 0.15) is 0 Å². The molecule has 0 saturated heterocycles. The Morgan fingerprint density at radius 3 is 2.00 bits per heavy atom. The van der Waals surface area contributed by atoms with E-state index in [2.05, 4.69) is 4.98 Å². The van der Waals surface area contributed by atoms with Gasteiger partial charge in [0.15, 0.2) is 0 Å². The van der Waals surface area contributed by atoms with Crippen molar-refractivity contribution in [3.05, 3.63) is 99.3 Å². The number of aromatic amines is 1. The Hall–Kier alpha value is -3.73. The fourth-order valence-corrected chi connectivity index (χ4v) is 3.16. The molecular weight excluding hydrogens is 328 g/mol. The van der Waals surface area contributed by atoms with E-state index in [0.717, 1.165) is 16.7 Å². The average molecular weight is 342 g/mol. The number of rotatable bonds is 3. The van der Waals surface area contributed by atoms with Gasteiger partial charge < -0.3 is 4.98 Å². The lowest BCUT2D eigenvalue weighted by molar-refractivity contribution is -0.384. The van der Waals surface area contributed by atoms with Crippen molar-refractivity contribution in [3.63, 3.8) is 0 Å².